The van der Waals surface area contributed by atoms with Gasteiger partial charge in [0.25, 0.3) is 0 Å². The summed E-state index contributed by atoms with van der Waals surface area (Å²) in [6.45, 7) is 3.14. The predicted molar refractivity (Wildman–Crippen MR) is 122 cm³/mol. The van der Waals surface area contributed by atoms with Crippen molar-refractivity contribution in [3.05, 3.63) is 36.5 Å². The molecule has 2 bridgehead atoms. The number of fused-ring (bicyclic) bond motifs is 3. The molecular weight excluding hydrogens is 418 g/mol. The number of morpholine rings is 1. The first kappa shape index (κ1) is 19.9. The third-order valence-electron chi connectivity index (χ3n) is 7.63. The van der Waals surface area contributed by atoms with E-state index in [1.165, 1.54) is 0 Å². The van der Waals surface area contributed by atoms with Crippen molar-refractivity contribution in [3.8, 4) is 11.4 Å². The molecule has 33 heavy (non-hydrogen) atoms. The highest BCUT2D eigenvalue weighted by atomic mass is 16.7. The van der Waals surface area contributed by atoms with Gasteiger partial charge in [-0.15, -0.1) is 0 Å². The first-order chi connectivity index (χ1) is 16.3. The van der Waals surface area contributed by atoms with Gasteiger partial charge >= 0.3 is 0 Å². The Hall–Kier alpha value is -2.55. The number of anilines is 1. The molecular formula is C25H28N5O3. The molecule has 2 atom stereocenters. The van der Waals surface area contributed by atoms with Crippen LogP contribution in [0.3, 0.4) is 0 Å². The fourth-order valence-electron chi connectivity index (χ4n) is 5.94. The molecule has 1 saturated carbocycles. The molecule has 2 aromatic heterocycles. The van der Waals surface area contributed by atoms with E-state index in [4.69, 9.17) is 29.3 Å². The maximum Gasteiger partial charge on any atom is 0.168 e. The summed E-state index contributed by atoms with van der Waals surface area (Å²) in [7, 11) is 0. The molecule has 3 aliphatic heterocycles. The third-order valence-corrected chi connectivity index (χ3v) is 7.63. The Morgan fingerprint density at radius 1 is 0.939 bits per heavy atom. The summed E-state index contributed by atoms with van der Waals surface area (Å²) in [5.41, 5.74) is 1.91. The number of hydrogen-bond donors (Lipinski definition) is 0. The standard InChI is InChI=1S/C25H28N5O3/c1-2-4-17(5-3-1)22-27-23(29-15-19-6-7-20(16-29)33-19)21-14-26-30(24(21)28-22)18-8-10-25(11-9-18)31-12-13-32-25/h2-5,14,18-20H,6-13,15-16H2. The molecule has 0 amide bonds. The average Bonchev–Trinajstić information content (AvgIpc) is 3.58. The highest BCUT2D eigenvalue weighted by molar-refractivity contribution is 5.89. The summed E-state index contributed by atoms with van der Waals surface area (Å²) in [6.07, 6.45) is 8.52. The second-order valence-electron chi connectivity index (χ2n) is 9.69. The molecule has 4 fully saturated rings. The van der Waals surface area contributed by atoms with Crippen molar-refractivity contribution in [1.82, 2.24) is 19.7 Å². The summed E-state index contributed by atoms with van der Waals surface area (Å²) in [4.78, 5) is 12.5. The first-order valence-corrected chi connectivity index (χ1v) is 12.2. The second kappa shape index (κ2) is 7.75. The normalized spacial score (nSPS) is 27.1. The van der Waals surface area contributed by atoms with Gasteiger partial charge in [-0.05, 0) is 31.7 Å². The number of benzene rings is 1. The Morgan fingerprint density at radius 2 is 1.67 bits per heavy atom. The quantitative estimate of drug-likeness (QED) is 0.609. The molecule has 7 rings (SSSR count). The van der Waals surface area contributed by atoms with Gasteiger partial charge in [-0.1, -0.05) is 24.3 Å². The number of rotatable bonds is 3. The third kappa shape index (κ3) is 3.43. The van der Waals surface area contributed by atoms with Gasteiger partial charge in [0.2, 0.25) is 0 Å². The van der Waals surface area contributed by atoms with Gasteiger partial charge in [0.1, 0.15) is 5.82 Å². The van der Waals surface area contributed by atoms with Gasteiger partial charge in [0, 0.05) is 31.5 Å². The number of hydrogen-bond acceptors (Lipinski definition) is 7. The molecule has 4 aliphatic rings. The molecule has 171 valence electrons. The number of aromatic nitrogens is 4. The molecule has 1 radical (unpaired) electrons. The van der Waals surface area contributed by atoms with Crippen LogP contribution < -0.4 is 4.90 Å². The lowest BCUT2D eigenvalue weighted by atomic mass is 9.90. The van der Waals surface area contributed by atoms with Crippen molar-refractivity contribution in [2.45, 2.75) is 62.6 Å². The summed E-state index contributed by atoms with van der Waals surface area (Å²) in [5, 5.41) is 5.87. The van der Waals surface area contributed by atoms with Crippen molar-refractivity contribution < 1.29 is 14.2 Å². The number of ether oxygens (including phenoxy) is 3. The van der Waals surface area contributed by atoms with E-state index < -0.39 is 0 Å². The van der Waals surface area contributed by atoms with Gasteiger partial charge in [-0.25, -0.2) is 14.6 Å². The lowest BCUT2D eigenvalue weighted by Crippen LogP contribution is -2.43. The van der Waals surface area contributed by atoms with Crippen molar-refractivity contribution in [2.75, 3.05) is 31.2 Å². The Morgan fingerprint density at radius 3 is 2.39 bits per heavy atom. The van der Waals surface area contributed by atoms with E-state index in [2.05, 4.69) is 15.6 Å². The van der Waals surface area contributed by atoms with Crippen LogP contribution in [0.4, 0.5) is 5.82 Å². The van der Waals surface area contributed by atoms with Crippen LogP contribution in [0.5, 0.6) is 0 Å². The van der Waals surface area contributed by atoms with Crippen molar-refractivity contribution in [3.63, 3.8) is 0 Å². The maximum absolute atomic E-state index is 6.09. The van der Waals surface area contributed by atoms with E-state index in [1.54, 1.807) is 0 Å². The summed E-state index contributed by atoms with van der Waals surface area (Å²) < 4.78 is 20.1. The molecule has 8 nitrogen and oxygen atoms in total. The van der Waals surface area contributed by atoms with Crippen LogP contribution in [0.1, 0.15) is 44.6 Å². The molecule has 1 aromatic carbocycles. The zero-order valence-corrected chi connectivity index (χ0v) is 18.7. The van der Waals surface area contributed by atoms with E-state index in [0.29, 0.717) is 25.4 Å². The van der Waals surface area contributed by atoms with Crippen LogP contribution in [0, 0.1) is 6.07 Å². The van der Waals surface area contributed by atoms with E-state index >= 15 is 0 Å². The molecule has 2 unspecified atom stereocenters. The minimum Gasteiger partial charge on any atom is -0.371 e. The van der Waals surface area contributed by atoms with Crippen molar-refractivity contribution in [2.24, 2.45) is 0 Å². The Balaban J connectivity index is 1.29. The number of nitrogens with zero attached hydrogens (tertiary/aromatic N) is 5. The fraction of sp³-hybridized carbons (Fsp3) is 0.560. The molecule has 1 spiro atoms. The molecule has 3 saturated heterocycles. The van der Waals surface area contributed by atoms with Crippen LogP contribution >= 0.6 is 0 Å². The fourth-order valence-corrected chi connectivity index (χ4v) is 5.94. The van der Waals surface area contributed by atoms with Crippen molar-refractivity contribution >= 4 is 16.9 Å². The molecule has 1 aliphatic carbocycles. The second-order valence-corrected chi connectivity index (χ2v) is 9.69. The lowest BCUT2D eigenvalue weighted by molar-refractivity contribution is -0.181. The van der Waals surface area contributed by atoms with Crippen LogP contribution in [0.2, 0.25) is 0 Å². The molecule has 8 heteroatoms. The summed E-state index contributed by atoms with van der Waals surface area (Å²) >= 11 is 0. The predicted octanol–water partition coefficient (Wildman–Crippen LogP) is 3.52. The highest BCUT2D eigenvalue weighted by Gasteiger charge is 2.41. The zero-order chi connectivity index (χ0) is 21.8. The smallest absolute Gasteiger partial charge is 0.168 e. The zero-order valence-electron chi connectivity index (χ0n) is 18.7. The Kier molecular flexibility index (Phi) is 4.67. The largest absolute Gasteiger partial charge is 0.371 e. The molecule has 3 aromatic rings. The topological polar surface area (TPSA) is 74.5 Å². The SMILES string of the molecule is [c]1ccc(-c2nc(N3CC4CCC(C3)O4)c3cnn(C4CCC5(CC4)OCCO5)c3n2)cc1. The van der Waals surface area contributed by atoms with Crippen molar-refractivity contribution in [1.29, 1.82) is 0 Å². The van der Waals surface area contributed by atoms with Gasteiger partial charge in [-0.2, -0.15) is 5.10 Å². The Labute approximate surface area is 192 Å². The van der Waals surface area contributed by atoms with Crippen LogP contribution in [0.25, 0.3) is 22.4 Å². The minimum atomic E-state index is -0.377. The van der Waals surface area contributed by atoms with Gasteiger partial charge in [0.05, 0.1) is 43.0 Å². The van der Waals surface area contributed by atoms with Gasteiger partial charge in [0.15, 0.2) is 17.3 Å². The monoisotopic (exact) mass is 446 g/mol. The van der Waals surface area contributed by atoms with Crippen LogP contribution in [0.15, 0.2) is 30.5 Å². The minimum absolute atomic E-state index is 0.279. The lowest BCUT2D eigenvalue weighted by Gasteiger charge is -2.35. The molecule has 0 N–H and O–H groups in total. The highest BCUT2D eigenvalue weighted by Crippen LogP contribution is 2.41. The van der Waals surface area contributed by atoms with Crippen LogP contribution in [-0.2, 0) is 14.2 Å². The van der Waals surface area contributed by atoms with E-state index in [0.717, 1.165) is 79.9 Å². The van der Waals surface area contributed by atoms with E-state index in [1.807, 2.05) is 30.5 Å². The average molecular weight is 447 g/mol. The maximum atomic E-state index is 6.09. The van der Waals surface area contributed by atoms with E-state index in [-0.39, 0.29) is 11.8 Å². The van der Waals surface area contributed by atoms with Gasteiger partial charge in [-0.3, -0.25) is 0 Å². The Bertz CT molecular complexity index is 1140. The summed E-state index contributed by atoms with van der Waals surface area (Å²) in [5.74, 6) is 1.34. The van der Waals surface area contributed by atoms with Gasteiger partial charge < -0.3 is 19.1 Å². The molecule has 5 heterocycles. The van der Waals surface area contributed by atoms with E-state index in [9.17, 15) is 0 Å². The summed E-state index contributed by atoms with van der Waals surface area (Å²) in [6, 6.07) is 11.2. The first-order valence-electron chi connectivity index (χ1n) is 12.2. The van der Waals surface area contributed by atoms with Crippen LogP contribution in [-0.4, -0.2) is 64.0 Å².